The number of carbonyl (C=O) groups excluding carboxylic acids is 1. The Kier molecular flexibility index (Phi) is 34.2. The Bertz CT molecular complexity index is 480. The quantitative estimate of drug-likeness (QED) is 0.0721. The third-order valence-corrected chi connectivity index (χ3v) is 7.82. The van der Waals surface area contributed by atoms with E-state index in [1.54, 1.807) is 0 Å². The highest BCUT2D eigenvalue weighted by Gasteiger charge is 2.10. The molecule has 242 valence electrons. The predicted octanol–water partition coefficient (Wildman–Crippen LogP) is 12.5. The Morgan fingerprint density at radius 2 is 0.950 bits per heavy atom. The maximum Gasteiger partial charge on any atom is 0.305 e. The van der Waals surface area contributed by atoms with E-state index in [1.807, 2.05) is 13.8 Å². The molecule has 0 aromatic heterocycles. The predicted molar refractivity (Wildman–Crippen MR) is 178 cm³/mol. The summed E-state index contributed by atoms with van der Waals surface area (Å²) < 4.78 is 5.28. The molecule has 0 radical (unpaired) electrons. The van der Waals surface area contributed by atoms with Gasteiger partial charge in [0.1, 0.15) is 0 Å². The van der Waals surface area contributed by atoms with E-state index in [2.05, 4.69) is 27.7 Å². The average Bonchev–Trinajstić information content (AvgIpc) is 2.90. The third kappa shape index (κ3) is 41.9. The molecule has 0 unspecified atom stereocenters. The van der Waals surface area contributed by atoms with Crippen LogP contribution in [0.4, 0.5) is 0 Å². The van der Waals surface area contributed by atoms with Crippen molar-refractivity contribution in [3.63, 3.8) is 0 Å². The standard InChI is InChI=1S/C20H40O2.C17H36O/c1-4-5-6-7-8-9-10-11-12-15-18-22-20(21)17-14-13-16-19(2)3;1-4-5-6-7-8-9-10-11-12-13-14-15-16-17(2,3)18/h19H,4-18H2,1-3H3;18H,4-16H2,1-3H3. The molecule has 0 fully saturated rings. The number of esters is 1. The van der Waals surface area contributed by atoms with Crippen LogP contribution in [0.3, 0.4) is 0 Å². The van der Waals surface area contributed by atoms with Crippen molar-refractivity contribution >= 4 is 5.97 Å². The van der Waals surface area contributed by atoms with Crippen LogP contribution in [-0.4, -0.2) is 23.3 Å². The summed E-state index contributed by atoms with van der Waals surface area (Å²) >= 11 is 0. The van der Waals surface area contributed by atoms with E-state index in [9.17, 15) is 9.90 Å². The second kappa shape index (κ2) is 32.9. The molecule has 0 aromatic rings. The van der Waals surface area contributed by atoms with Gasteiger partial charge in [-0.1, -0.05) is 175 Å². The first kappa shape index (κ1) is 41.6. The molecule has 0 amide bonds. The van der Waals surface area contributed by atoms with Gasteiger partial charge in [0.05, 0.1) is 12.2 Å². The van der Waals surface area contributed by atoms with Gasteiger partial charge in [0.25, 0.3) is 0 Å². The van der Waals surface area contributed by atoms with Gasteiger partial charge < -0.3 is 9.84 Å². The minimum atomic E-state index is -0.460. The molecule has 1 N–H and O–H groups in total. The number of unbranched alkanes of at least 4 members (excludes halogenated alkanes) is 21. The average molecular weight is 569 g/mol. The van der Waals surface area contributed by atoms with E-state index in [0.29, 0.717) is 13.0 Å². The van der Waals surface area contributed by atoms with Crippen molar-refractivity contribution in [2.45, 2.75) is 221 Å². The first-order chi connectivity index (χ1) is 19.2. The number of rotatable bonds is 29. The van der Waals surface area contributed by atoms with Crippen LogP contribution in [-0.2, 0) is 9.53 Å². The number of carbonyl (C=O) groups is 1. The zero-order valence-electron chi connectivity index (χ0n) is 28.6. The van der Waals surface area contributed by atoms with Crippen molar-refractivity contribution < 1.29 is 14.6 Å². The fourth-order valence-corrected chi connectivity index (χ4v) is 5.07. The van der Waals surface area contributed by atoms with Gasteiger partial charge in [-0.15, -0.1) is 0 Å². The molecule has 0 aliphatic heterocycles. The van der Waals surface area contributed by atoms with Crippen LogP contribution in [0.25, 0.3) is 0 Å². The Morgan fingerprint density at radius 1 is 0.575 bits per heavy atom. The van der Waals surface area contributed by atoms with Gasteiger partial charge in [-0.3, -0.25) is 4.79 Å². The molecule has 40 heavy (non-hydrogen) atoms. The van der Waals surface area contributed by atoms with Gasteiger partial charge in [-0.25, -0.2) is 0 Å². The van der Waals surface area contributed by atoms with Crippen molar-refractivity contribution in [1.29, 1.82) is 0 Å². The van der Waals surface area contributed by atoms with E-state index in [-0.39, 0.29) is 5.97 Å². The van der Waals surface area contributed by atoms with Crippen LogP contribution >= 0.6 is 0 Å². The first-order valence-electron chi connectivity index (χ1n) is 18.1. The lowest BCUT2D eigenvalue weighted by Crippen LogP contribution is -2.17. The summed E-state index contributed by atoms with van der Waals surface area (Å²) in [6, 6.07) is 0. The summed E-state index contributed by atoms with van der Waals surface area (Å²) in [7, 11) is 0. The van der Waals surface area contributed by atoms with Crippen LogP contribution in [0, 0.1) is 5.92 Å². The van der Waals surface area contributed by atoms with Gasteiger partial charge in [-0.05, 0) is 39.0 Å². The molecule has 0 heterocycles. The smallest absolute Gasteiger partial charge is 0.305 e. The normalized spacial score (nSPS) is 11.5. The molecular weight excluding hydrogens is 492 g/mol. The van der Waals surface area contributed by atoms with Gasteiger partial charge in [-0.2, -0.15) is 0 Å². The number of hydrogen-bond acceptors (Lipinski definition) is 3. The molecule has 0 saturated heterocycles. The minimum Gasteiger partial charge on any atom is -0.466 e. The van der Waals surface area contributed by atoms with E-state index in [0.717, 1.165) is 31.6 Å². The molecule has 0 aliphatic rings. The number of hydrogen-bond donors (Lipinski definition) is 1. The van der Waals surface area contributed by atoms with Gasteiger partial charge in [0.2, 0.25) is 0 Å². The summed E-state index contributed by atoms with van der Waals surface area (Å²) in [4.78, 5) is 11.5. The van der Waals surface area contributed by atoms with E-state index >= 15 is 0 Å². The van der Waals surface area contributed by atoms with Crippen molar-refractivity contribution in [1.82, 2.24) is 0 Å². The van der Waals surface area contributed by atoms with Crippen molar-refractivity contribution in [2.24, 2.45) is 5.92 Å². The van der Waals surface area contributed by atoms with Gasteiger partial charge in [0, 0.05) is 6.42 Å². The van der Waals surface area contributed by atoms with Crippen molar-refractivity contribution in [2.75, 3.05) is 6.61 Å². The highest BCUT2D eigenvalue weighted by molar-refractivity contribution is 5.69. The Labute approximate surface area is 253 Å². The monoisotopic (exact) mass is 569 g/mol. The number of aliphatic hydroxyl groups is 1. The van der Waals surface area contributed by atoms with Crippen LogP contribution in [0.15, 0.2) is 0 Å². The van der Waals surface area contributed by atoms with Crippen LogP contribution in [0.2, 0.25) is 0 Å². The molecule has 0 atom stereocenters. The molecule has 0 saturated carbocycles. The van der Waals surface area contributed by atoms with E-state index in [4.69, 9.17) is 4.74 Å². The van der Waals surface area contributed by atoms with Crippen molar-refractivity contribution in [3.05, 3.63) is 0 Å². The molecule has 0 bridgehead atoms. The SMILES string of the molecule is CCCCCCCCCCCCCCC(C)(C)O.CCCCCCCCCCCCOC(=O)CCCCC(C)C. The van der Waals surface area contributed by atoms with E-state index in [1.165, 1.54) is 141 Å². The second-order valence-corrected chi connectivity index (χ2v) is 13.5. The maximum absolute atomic E-state index is 11.5. The lowest BCUT2D eigenvalue weighted by Gasteiger charge is -2.16. The summed E-state index contributed by atoms with van der Waals surface area (Å²) in [6.07, 6.45) is 34.7. The third-order valence-electron chi connectivity index (χ3n) is 7.82. The molecule has 0 aliphatic carbocycles. The Hall–Kier alpha value is -0.570. The largest absolute Gasteiger partial charge is 0.466 e. The zero-order valence-corrected chi connectivity index (χ0v) is 28.6. The summed E-state index contributed by atoms with van der Waals surface area (Å²) in [6.45, 7) is 13.4. The molecule has 0 aromatic carbocycles. The molecular formula is C37H76O3. The fraction of sp³-hybridized carbons (Fsp3) is 0.973. The van der Waals surface area contributed by atoms with E-state index < -0.39 is 5.60 Å². The van der Waals surface area contributed by atoms with Crippen molar-refractivity contribution in [3.8, 4) is 0 Å². The molecule has 0 rings (SSSR count). The highest BCUT2D eigenvalue weighted by Crippen LogP contribution is 2.16. The number of ether oxygens (including phenoxy) is 1. The van der Waals surface area contributed by atoms with Crippen LogP contribution < -0.4 is 0 Å². The summed E-state index contributed by atoms with van der Waals surface area (Å²) in [5.74, 6) is 0.738. The molecule has 3 heteroatoms. The first-order valence-corrected chi connectivity index (χ1v) is 18.1. The van der Waals surface area contributed by atoms with Gasteiger partial charge in [0.15, 0.2) is 0 Å². The fourth-order valence-electron chi connectivity index (χ4n) is 5.07. The Morgan fingerprint density at radius 3 is 1.32 bits per heavy atom. The lowest BCUT2D eigenvalue weighted by molar-refractivity contribution is -0.143. The zero-order chi connectivity index (χ0) is 30.2. The topological polar surface area (TPSA) is 46.5 Å². The summed E-state index contributed by atoms with van der Waals surface area (Å²) in [5, 5.41) is 9.58. The summed E-state index contributed by atoms with van der Waals surface area (Å²) in [5.41, 5.74) is -0.460. The minimum absolute atomic E-state index is 0.000296. The molecule has 3 nitrogen and oxygen atoms in total. The highest BCUT2D eigenvalue weighted by atomic mass is 16.5. The Balaban J connectivity index is 0. The maximum atomic E-state index is 11.5. The second-order valence-electron chi connectivity index (χ2n) is 13.5. The van der Waals surface area contributed by atoms with Crippen LogP contribution in [0.5, 0.6) is 0 Å². The lowest BCUT2D eigenvalue weighted by atomic mass is 9.99. The van der Waals surface area contributed by atoms with Crippen LogP contribution in [0.1, 0.15) is 215 Å². The van der Waals surface area contributed by atoms with Gasteiger partial charge >= 0.3 is 5.97 Å². The molecule has 0 spiro atoms.